The minimum absolute atomic E-state index is 0.0299. The first kappa shape index (κ1) is 25.2. The maximum atomic E-state index is 12.9. The van der Waals surface area contributed by atoms with Crippen molar-refractivity contribution in [2.45, 2.75) is 43.2 Å². The standard InChI is InChI=1S/C25H23F3O6S/c26-25(27,28)18-7-5-16(6-8-18)21(33-14-34-24(31)17-3-4-17)13-32-19-9-1-15(2-10-19)11-22-20(29)12-23(30)35-22/h1-2,5-10,17,21-22H,3-4,11-14H2. The Hall–Kier alpha value is -2.85. The SMILES string of the molecule is O=C1CC(=O)C(Cc2ccc(OCC(OCOC(=O)C3CC3)c3ccc(C(F)(F)F)cc3)cc2)S1. The van der Waals surface area contributed by atoms with Crippen LogP contribution in [-0.2, 0) is 36.5 Å². The predicted molar refractivity (Wildman–Crippen MR) is 121 cm³/mol. The summed E-state index contributed by atoms with van der Waals surface area (Å²) < 4.78 is 55.3. The molecule has 1 heterocycles. The number of ether oxygens (including phenoxy) is 3. The summed E-state index contributed by atoms with van der Waals surface area (Å²) in [5, 5.41) is -0.484. The van der Waals surface area contributed by atoms with Crippen LogP contribution in [-0.4, -0.2) is 35.5 Å². The third-order valence-electron chi connectivity index (χ3n) is 5.69. The molecule has 1 aliphatic carbocycles. The van der Waals surface area contributed by atoms with Crippen LogP contribution in [0.1, 0.15) is 42.1 Å². The van der Waals surface area contributed by atoms with Gasteiger partial charge < -0.3 is 14.2 Å². The fourth-order valence-electron chi connectivity index (χ4n) is 3.52. The second kappa shape index (κ2) is 10.8. The van der Waals surface area contributed by atoms with Crippen molar-refractivity contribution in [3.8, 4) is 5.75 Å². The summed E-state index contributed by atoms with van der Waals surface area (Å²) in [6, 6.07) is 11.5. The topological polar surface area (TPSA) is 78.9 Å². The summed E-state index contributed by atoms with van der Waals surface area (Å²) in [6.45, 7) is -0.369. The average molecular weight is 509 g/mol. The highest BCUT2D eigenvalue weighted by Crippen LogP contribution is 2.32. The van der Waals surface area contributed by atoms with E-state index in [0.717, 1.165) is 42.3 Å². The number of rotatable bonds is 10. The molecule has 0 amide bonds. The molecule has 0 spiro atoms. The molecule has 4 rings (SSSR count). The molecule has 186 valence electrons. The minimum Gasteiger partial charge on any atom is -0.491 e. The van der Waals surface area contributed by atoms with Gasteiger partial charge in [0.05, 0.1) is 23.2 Å². The lowest BCUT2D eigenvalue weighted by atomic mass is 10.1. The number of thioether (sulfide) groups is 1. The van der Waals surface area contributed by atoms with E-state index in [4.69, 9.17) is 14.2 Å². The Morgan fingerprint density at radius 3 is 2.29 bits per heavy atom. The van der Waals surface area contributed by atoms with Crippen molar-refractivity contribution in [2.24, 2.45) is 5.92 Å². The van der Waals surface area contributed by atoms with Gasteiger partial charge in [-0.05, 0) is 54.7 Å². The maximum Gasteiger partial charge on any atom is 0.416 e. The third kappa shape index (κ3) is 7.08. The Balaban J connectivity index is 1.37. The number of benzene rings is 2. The summed E-state index contributed by atoms with van der Waals surface area (Å²) in [7, 11) is 0. The van der Waals surface area contributed by atoms with Crippen LogP contribution in [0.3, 0.4) is 0 Å². The molecular formula is C25H23F3O6S. The van der Waals surface area contributed by atoms with Crippen LogP contribution < -0.4 is 4.74 Å². The highest BCUT2D eigenvalue weighted by molar-refractivity contribution is 8.15. The van der Waals surface area contributed by atoms with E-state index in [2.05, 4.69) is 0 Å². The molecule has 0 aromatic heterocycles. The van der Waals surface area contributed by atoms with Crippen molar-refractivity contribution in [3.63, 3.8) is 0 Å². The van der Waals surface area contributed by atoms with Gasteiger partial charge in [-0.3, -0.25) is 14.4 Å². The number of ketones is 1. The van der Waals surface area contributed by atoms with Gasteiger partial charge in [0, 0.05) is 0 Å². The molecule has 0 radical (unpaired) electrons. The molecule has 1 saturated heterocycles. The monoisotopic (exact) mass is 508 g/mol. The van der Waals surface area contributed by atoms with E-state index < -0.39 is 17.8 Å². The van der Waals surface area contributed by atoms with Gasteiger partial charge in [0.2, 0.25) is 0 Å². The summed E-state index contributed by atoms with van der Waals surface area (Å²) in [6.07, 6.45) is -3.25. The van der Waals surface area contributed by atoms with Crippen LogP contribution in [0.15, 0.2) is 48.5 Å². The quantitative estimate of drug-likeness (QED) is 0.257. The van der Waals surface area contributed by atoms with Gasteiger partial charge in [0.15, 0.2) is 17.7 Å². The first-order valence-electron chi connectivity index (χ1n) is 11.1. The molecule has 2 aromatic carbocycles. The van der Waals surface area contributed by atoms with E-state index in [1.807, 2.05) is 0 Å². The molecule has 2 atom stereocenters. The summed E-state index contributed by atoms with van der Waals surface area (Å²) in [5.41, 5.74) is 0.538. The highest BCUT2D eigenvalue weighted by atomic mass is 32.2. The molecule has 2 fully saturated rings. The van der Waals surface area contributed by atoms with Crippen molar-refractivity contribution < 1.29 is 41.8 Å². The fourth-order valence-corrected chi connectivity index (χ4v) is 4.56. The molecule has 2 aromatic rings. The van der Waals surface area contributed by atoms with Crippen molar-refractivity contribution in [1.82, 2.24) is 0 Å². The van der Waals surface area contributed by atoms with Crippen LogP contribution >= 0.6 is 11.8 Å². The maximum absolute atomic E-state index is 12.9. The molecule has 0 N–H and O–H groups in total. The highest BCUT2D eigenvalue weighted by Gasteiger charge is 2.33. The van der Waals surface area contributed by atoms with Crippen LogP contribution in [0.2, 0.25) is 0 Å². The lowest BCUT2D eigenvalue weighted by Crippen LogP contribution is -2.18. The van der Waals surface area contributed by atoms with Crippen LogP contribution in [0.5, 0.6) is 5.75 Å². The van der Waals surface area contributed by atoms with Crippen LogP contribution in [0, 0.1) is 5.92 Å². The van der Waals surface area contributed by atoms with Gasteiger partial charge in [0.25, 0.3) is 0 Å². The van der Waals surface area contributed by atoms with E-state index >= 15 is 0 Å². The summed E-state index contributed by atoms with van der Waals surface area (Å²) >= 11 is 1.06. The van der Waals surface area contributed by atoms with Crippen LogP contribution in [0.4, 0.5) is 13.2 Å². The zero-order valence-electron chi connectivity index (χ0n) is 18.6. The number of carbonyl (C=O) groups is 3. The second-order valence-electron chi connectivity index (χ2n) is 8.41. The van der Waals surface area contributed by atoms with Crippen LogP contribution in [0.25, 0.3) is 0 Å². The van der Waals surface area contributed by atoms with Crippen molar-refractivity contribution in [2.75, 3.05) is 13.4 Å². The number of hydrogen-bond acceptors (Lipinski definition) is 7. The zero-order chi connectivity index (χ0) is 25.0. The molecule has 6 nitrogen and oxygen atoms in total. The largest absolute Gasteiger partial charge is 0.491 e. The number of hydrogen-bond donors (Lipinski definition) is 0. The van der Waals surface area contributed by atoms with Gasteiger partial charge in [-0.25, -0.2) is 0 Å². The van der Waals surface area contributed by atoms with Crippen molar-refractivity contribution in [3.05, 3.63) is 65.2 Å². The molecule has 35 heavy (non-hydrogen) atoms. The van der Waals surface area contributed by atoms with Gasteiger partial charge in [-0.1, -0.05) is 36.0 Å². The van der Waals surface area contributed by atoms with E-state index in [0.29, 0.717) is 17.7 Å². The lowest BCUT2D eigenvalue weighted by molar-refractivity contribution is -0.164. The molecular weight excluding hydrogens is 485 g/mol. The lowest BCUT2D eigenvalue weighted by Gasteiger charge is -2.20. The fraction of sp³-hybridized carbons (Fsp3) is 0.400. The first-order valence-corrected chi connectivity index (χ1v) is 12.0. The number of Topliss-reactive ketones (excluding diaryl/α,β-unsaturated/α-hetero) is 1. The number of halogens is 3. The van der Waals surface area contributed by atoms with Gasteiger partial charge >= 0.3 is 12.1 Å². The average Bonchev–Trinajstić information content (AvgIpc) is 3.62. The summed E-state index contributed by atoms with van der Waals surface area (Å²) in [5.74, 6) is -0.0350. The predicted octanol–water partition coefficient (Wildman–Crippen LogP) is 4.90. The van der Waals surface area contributed by atoms with E-state index in [1.165, 1.54) is 12.1 Å². The van der Waals surface area contributed by atoms with Crippen molar-refractivity contribution in [1.29, 1.82) is 0 Å². The van der Waals surface area contributed by atoms with Gasteiger partial charge in [0.1, 0.15) is 18.5 Å². The molecule has 2 aliphatic rings. The second-order valence-corrected chi connectivity index (χ2v) is 9.67. The number of carbonyl (C=O) groups excluding carboxylic acids is 3. The normalized spacial score (nSPS) is 19.0. The molecule has 1 saturated carbocycles. The van der Waals surface area contributed by atoms with Gasteiger partial charge in [-0.2, -0.15) is 13.2 Å². The molecule has 10 heteroatoms. The van der Waals surface area contributed by atoms with E-state index in [9.17, 15) is 27.6 Å². The number of alkyl halides is 3. The van der Waals surface area contributed by atoms with Gasteiger partial charge in [-0.15, -0.1) is 0 Å². The Kier molecular flexibility index (Phi) is 7.81. The minimum atomic E-state index is -4.46. The smallest absolute Gasteiger partial charge is 0.416 e. The number of esters is 1. The van der Waals surface area contributed by atoms with Crippen molar-refractivity contribution >= 4 is 28.6 Å². The van der Waals surface area contributed by atoms with E-state index in [1.54, 1.807) is 24.3 Å². The Morgan fingerprint density at radius 1 is 1.03 bits per heavy atom. The molecule has 0 bridgehead atoms. The molecule has 2 unspecified atom stereocenters. The Labute approximate surface area is 204 Å². The van der Waals surface area contributed by atoms with E-state index in [-0.39, 0.29) is 47.9 Å². The third-order valence-corrected chi connectivity index (χ3v) is 6.81. The molecule has 1 aliphatic heterocycles. The zero-order valence-corrected chi connectivity index (χ0v) is 19.4. The summed E-state index contributed by atoms with van der Waals surface area (Å²) in [4.78, 5) is 35.0. The Morgan fingerprint density at radius 2 is 1.71 bits per heavy atom. The Bertz CT molecular complexity index is 1060. The first-order chi connectivity index (χ1) is 16.7.